The Morgan fingerprint density at radius 3 is 2.25 bits per heavy atom. The smallest absolute Gasteiger partial charge is 0.251 e. The van der Waals surface area contributed by atoms with E-state index in [0.717, 1.165) is 58.9 Å². The number of carbonyl (C=O) groups excluding carboxylic acids is 1. The summed E-state index contributed by atoms with van der Waals surface area (Å²) in [5.74, 6) is 0.671. The van der Waals surface area contributed by atoms with Crippen LogP contribution in [-0.2, 0) is 15.5 Å². The number of carbonyl (C=O) groups is 1. The predicted molar refractivity (Wildman–Crippen MR) is 151 cm³/mol. The van der Waals surface area contributed by atoms with Gasteiger partial charge in [-0.25, -0.2) is 0 Å². The Hall–Kier alpha value is -3.10. The molecule has 0 atom stereocenters. The average Bonchev–Trinajstić information content (AvgIpc) is 3.08. The second kappa shape index (κ2) is 11.8. The summed E-state index contributed by atoms with van der Waals surface area (Å²) in [5, 5.41) is 3.03. The number of hydrogen-bond donors (Lipinski definition) is 1. The van der Waals surface area contributed by atoms with Gasteiger partial charge in [0.05, 0.1) is 13.7 Å². The molecule has 3 aromatic carbocycles. The number of rotatable bonds is 9. The number of anilines is 1. The molecule has 0 aliphatic carbocycles. The number of fused-ring (bicyclic) bond motifs is 1. The van der Waals surface area contributed by atoms with Crippen molar-refractivity contribution < 1.29 is 14.1 Å². The van der Waals surface area contributed by atoms with Gasteiger partial charge in [0.2, 0.25) is 0 Å². The molecule has 0 unspecified atom stereocenters. The molecule has 1 N–H and O–H groups in total. The fourth-order valence-electron chi connectivity index (χ4n) is 4.75. The van der Waals surface area contributed by atoms with E-state index in [9.17, 15) is 9.36 Å². The molecule has 5 heteroatoms. The monoisotopic (exact) mass is 501 g/mol. The number of ether oxygens (including phenoxy) is 1. The Kier molecular flexibility index (Phi) is 8.48. The van der Waals surface area contributed by atoms with E-state index < -0.39 is 7.14 Å². The minimum atomic E-state index is -2.18. The molecule has 4 rings (SSSR count). The molecule has 1 aliphatic heterocycles. The third-order valence-electron chi connectivity index (χ3n) is 6.59. The Labute approximate surface area is 215 Å². The summed E-state index contributed by atoms with van der Waals surface area (Å²) in [6.45, 7) is 6.72. The number of amides is 1. The van der Waals surface area contributed by atoms with Crippen LogP contribution >= 0.6 is 7.14 Å². The molecule has 0 saturated heterocycles. The minimum absolute atomic E-state index is 0.123. The predicted octanol–water partition coefficient (Wildman–Crippen LogP) is 8.15. The van der Waals surface area contributed by atoms with E-state index in [4.69, 9.17) is 4.74 Å². The highest BCUT2D eigenvalue weighted by molar-refractivity contribution is 7.63. The lowest BCUT2D eigenvalue weighted by atomic mass is 10.00. The van der Waals surface area contributed by atoms with Crippen molar-refractivity contribution in [2.75, 3.05) is 24.2 Å². The van der Waals surface area contributed by atoms with E-state index in [-0.39, 0.29) is 5.91 Å². The summed E-state index contributed by atoms with van der Waals surface area (Å²) in [4.78, 5) is 13.1. The van der Waals surface area contributed by atoms with Crippen molar-refractivity contribution in [2.45, 2.75) is 46.2 Å². The summed E-state index contributed by atoms with van der Waals surface area (Å²) in [7, 11) is -2.18. The molecule has 0 radical (unpaired) electrons. The largest absolute Gasteiger partial charge is 0.493 e. The van der Waals surface area contributed by atoms with Crippen LogP contribution in [0.1, 0.15) is 49.8 Å². The highest BCUT2D eigenvalue weighted by Gasteiger charge is 2.21. The van der Waals surface area contributed by atoms with E-state index >= 15 is 0 Å². The molecule has 4 nitrogen and oxygen atoms in total. The summed E-state index contributed by atoms with van der Waals surface area (Å²) in [6, 6.07) is 22.3. The molecule has 188 valence electrons. The van der Waals surface area contributed by atoms with Crippen molar-refractivity contribution in [3.63, 3.8) is 0 Å². The Morgan fingerprint density at radius 2 is 1.58 bits per heavy atom. The Morgan fingerprint density at radius 1 is 0.917 bits per heavy atom. The van der Waals surface area contributed by atoms with Gasteiger partial charge in [0.1, 0.15) is 5.75 Å². The molecule has 3 aromatic rings. The molecule has 0 aromatic heterocycles. The van der Waals surface area contributed by atoms with Crippen molar-refractivity contribution in [1.82, 2.24) is 0 Å². The number of nitrogens with one attached hydrogen (secondary N) is 1. The van der Waals surface area contributed by atoms with Crippen molar-refractivity contribution in [3.05, 3.63) is 89.0 Å². The zero-order chi connectivity index (χ0) is 25.5. The summed E-state index contributed by atoms with van der Waals surface area (Å²) < 4.78 is 19.2. The number of hydrogen-bond acceptors (Lipinski definition) is 3. The van der Waals surface area contributed by atoms with Gasteiger partial charge in [-0.2, -0.15) is 0 Å². The maximum atomic E-state index is 13.2. The van der Waals surface area contributed by atoms with Crippen LogP contribution in [0.25, 0.3) is 17.2 Å². The maximum Gasteiger partial charge on any atom is 0.251 e. The van der Waals surface area contributed by atoms with E-state index in [1.807, 2.05) is 36.4 Å². The van der Waals surface area contributed by atoms with Crippen molar-refractivity contribution in [2.24, 2.45) is 0 Å². The fraction of sp³-hybridized carbons (Fsp3) is 0.323. The van der Waals surface area contributed by atoms with Gasteiger partial charge in [0, 0.05) is 41.7 Å². The van der Waals surface area contributed by atoms with Gasteiger partial charge >= 0.3 is 0 Å². The van der Waals surface area contributed by atoms with Crippen LogP contribution in [0.3, 0.4) is 0 Å². The number of benzene rings is 3. The topological polar surface area (TPSA) is 55.4 Å². The zero-order valence-electron chi connectivity index (χ0n) is 21.5. The average molecular weight is 502 g/mol. The Bertz CT molecular complexity index is 1270. The van der Waals surface area contributed by atoms with Crippen LogP contribution in [-0.4, -0.2) is 24.8 Å². The normalized spacial score (nSPS) is 13.2. The first-order valence-electron chi connectivity index (χ1n) is 12.9. The molecule has 1 aliphatic rings. The van der Waals surface area contributed by atoms with E-state index in [2.05, 4.69) is 62.5 Å². The van der Waals surface area contributed by atoms with Crippen molar-refractivity contribution >= 4 is 24.8 Å². The van der Waals surface area contributed by atoms with Gasteiger partial charge in [-0.05, 0) is 66.8 Å². The van der Waals surface area contributed by atoms with Crippen LogP contribution in [0.15, 0.2) is 72.3 Å². The van der Waals surface area contributed by atoms with Gasteiger partial charge in [-0.15, -0.1) is 0 Å². The standard InChI is InChI=1S/C31H36NO3P/c1-4-18-36(34,19-5-2)22-24-8-13-29(14-9-24)32-31(33)27-16-17-35-30-15-12-26(20-28(30)21-27)25-10-6-23(3)7-11-25/h6-15,20-21H,4-5,16-19,22H2,1-3H3,(H,32,33). The first-order valence-corrected chi connectivity index (χ1v) is 15.2. The molecule has 1 amide bonds. The van der Waals surface area contributed by atoms with Crippen LogP contribution in [0.4, 0.5) is 5.69 Å². The molecule has 1 heterocycles. The van der Waals surface area contributed by atoms with Gasteiger partial charge in [-0.1, -0.05) is 61.9 Å². The molecular formula is C31H36NO3P. The van der Waals surface area contributed by atoms with E-state index in [0.29, 0.717) is 24.8 Å². The number of aryl methyl sites for hydroxylation is 1. The van der Waals surface area contributed by atoms with Gasteiger partial charge in [0.25, 0.3) is 5.91 Å². The van der Waals surface area contributed by atoms with Gasteiger partial charge < -0.3 is 14.6 Å². The third-order valence-corrected chi connectivity index (χ3v) is 10.1. The first kappa shape index (κ1) is 26.0. The molecule has 0 spiro atoms. The van der Waals surface area contributed by atoms with Crippen LogP contribution < -0.4 is 10.1 Å². The lowest BCUT2D eigenvalue weighted by Crippen LogP contribution is -2.15. The second-order valence-electron chi connectivity index (χ2n) is 9.70. The summed E-state index contributed by atoms with van der Waals surface area (Å²) in [5.41, 5.74) is 6.86. The fourth-order valence-corrected chi connectivity index (χ4v) is 7.80. The SMILES string of the molecule is CCCP(=O)(CCC)Cc1ccc(NC(=O)C2=Cc3cc(-c4ccc(C)cc4)ccc3OCC2)cc1. The highest BCUT2D eigenvalue weighted by Crippen LogP contribution is 2.50. The molecular weight excluding hydrogens is 465 g/mol. The van der Waals surface area contributed by atoms with Gasteiger partial charge in [-0.3, -0.25) is 4.79 Å². The summed E-state index contributed by atoms with van der Waals surface area (Å²) in [6.07, 6.45) is 6.59. The quantitative estimate of drug-likeness (QED) is 0.301. The van der Waals surface area contributed by atoms with Gasteiger partial charge in [0.15, 0.2) is 0 Å². The lowest BCUT2D eigenvalue weighted by molar-refractivity contribution is -0.113. The molecule has 36 heavy (non-hydrogen) atoms. The highest BCUT2D eigenvalue weighted by atomic mass is 31.2. The Balaban J connectivity index is 1.48. The molecule has 0 bridgehead atoms. The van der Waals surface area contributed by atoms with Crippen molar-refractivity contribution in [1.29, 1.82) is 0 Å². The minimum Gasteiger partial charge on any atom is -0.493 e. The van der Waals surface area contributed by atoms with E-state index in [1.165, 1.54) is 5.56 Å². The van der Waals surface area contributed by atoms with Crippen molar-refractivity contribution in [3.8, 4) is 16.9 Å². The first-order chi connectivity index (χ1) is 17.4. The lowest BCUT2D eigenvalue weighted by Gasteiger charge is -2.17. The summed E-state index contributed by atoms with van der Waals surface area (Å²) >= 11 is 0. The van der Waals surface area contributed by atoms with E-state index in [1.54, 1.807) is 0 Å². The molecule has 0 saturated carbocycles. The maximum absolute atomic E-state index is 13.2. The van der Waals surface area contributed by atoms with Crippen LogP contribution in [0.2, 0.25) is 0 Å². The second-order valence-corrected chi connectivity index (χ2v) is 13.0. The third kappa shape index (κ3) is 6.56. The van der Waals surface area contributed by atoms with Crippen LogP contribution in [0.5, 0.6) is 5.75 Å². The molecule has 0 fully saturated rings. The van der Waals surface area contributed by atoms with Crippen LogP contribution in [0, 0.1) is 6.92 Å². The zero-order valence-corrected chi connectivity index (χ0v) is 22.4.